The number of hydrogen-bond acceptors (Lipinski definition) is 2. The number of hydrogen-bond donors (Lipinski definition) is 0. The second kappa shape index (κ2) is 18.0. The smallest absolute Gasteiger partial charge is 0.0732 e. The Hall–Kier alpha value is -8.20. The van der Waals surface area contributed by atoms with Gasteiger partial charge in [-0.2, -0.15) is 0 Å². The number of fused-ring (bicyclic) bond motifs is 17. The lowest BCUT2D eigenvalue weighted by Gasteiger charge is -2.34. The molecule has 11 aromatic carbocycles. The predicted molar refractivity (Wildman–Crippen MR) is 321 cm³/mol. The van der Waals surface area contributed by atoms with E-state index in [-0.39, 0.29) is 0 Å². The van der Waals surface area contributed by atoms with Crippen LogP contribution < -0.4 is 9.80 Å². The molecule has 0 aromatic heterocycles. The van der Waals surface area contributed by atoms with Crippen molar-refractivity contribution in [2.75, 3.05) is 9.80 Å². The molecular formula is C73H64N2. The van der Waals surface area contributed by atoms with Gasteiger partial charge in [-0.05, 0) is 184 Å². The molecule has 2 nitrogen and oxygen atoms in total. The van der Waals surface area contributed by atoms with Gasteiger partial charge in [0, 0.05) is 33.8 Å². The summed E-state index contributed by atoms with van der Waals surface area (Å²) in [5.74, 6) is 1.74. The first-order valence-electron chi connectivity index (χ1n) is 27.3. The lowest BCUT2D eigenvalue weighted by atomic mass is 9.69. The predicted octanol–water partition coefficient (Wildman–Crippen LogP) is 20.9. The Labute approximate surface area is 443 Å². The van der Waals surface area contributed by atoms with E-state index in [0.29, 0.717) is 23.7 Å². The number of rotatable bonds is 10. The number of benzene rings is 11. The van der Waals surface area contributed by atoms with E-state index in [1.807, 2.05) is 0 Å². The third-order valence-electron chi connectivity index (χ3n) is 16.8. The molecule has 13 rings (SSSR count). The van der Waals surface area contributed by atoms with Crippen LogP contribution in [0, 0.1) is 0 Å². The third-order valence-corrected chi connectivity index (χ3v) is 16.8. The fraction of sp³-hybridized carbons (Fsp3) is 0.178. The molecule has 0 saturated carbocycles. The summed E-state index contributed by atoms with van der Waals surface area (Å²) in [6.07, 6.45) is 0. The molecule has 0 amide bonds. The lowest BCUT2D eigenvalue weighted by Crippen LogP contribution is -2.26. The number of anilines is 6. The Morgan fingerprint density at radius 2 is 0.653 bits per heavy atom. The van der Waals surface area contributed by atoms with Gasteiger partial charge in [0.1, 0.15) is 0 Å². The van der Waals surface area contributed by atoms with Crippen LogP contribution in [0.5, 0.6) is 0 Å². The summed E-state index contributed by atoms with van der Waals surface area (Å²) >= 11 is 0. The van der Waals surface area contributed by atoms with Gasteiger partial charge >= 0.3 is 0 Å². The molecule has 0 atom stereocenters. The molecule has 0 radical (unpaired) electrons. The van der Waals surface area contributed by atoms with E-state index in [2.05, 4.69) is 284 Å². The van der Waals surface area contributed by atoms with Crippen molar-refractivity contribution >= 4 is 66.4 Å². The minimum Gasteiger partial charge on any atom is -0.310 e. The van der Waals surface area contributed by atoms with Crippen LogP contribution in [0.25, 0.3) is 54.6 Å². The topological polar surface area (TPSA) is 6.48 Å². The highest BCUT2D eigenvalue weighted by atomic mass is 15.1. The van der Waals surface area contributed by atoms with E-state index in [4.69, 9.17) is 0 Å². The summed E-state index contributed by atoms with van der Waals surface area (Å²) in [6.45, 7) is 18.2. The molecule has 0 aliphatic heterocycles. The van der Waals surface area contributed by atoms with Crippen molar-refractivity contribution < 1.29 is 0 Å². The lowest BCUT2D eigenvalue weighted by molar-refractivity contribution is 0.802. The van der Waals surface area contributed by atoms with Crippen LogP contribution in [-0.2, 0) is 5.41 Å². The van der Waals surface area contributed by atoms with Gasteiger partial charge in [0.05, 0.1) is 11.1 Å². The normalized spacial score (nSPS) is 13.1. The van der Waals surface area contributed by atoms with Crippen LogP contribution in [0.2, 0.25) is 0 Å². The summed E-state index contributed by atoms with van der Waals surface area (Å²) in [6, 6.07) is 84.0. The number of nitrogens with zero attached hydrogens (tertiary/aromatic N) is 2. The zero-order chi connectivity index (χ0) is 51.3. The quantitative estimate of drug-likeness (QED) is 0.126. The Balaban J connectivity index is 1.14. The minimum atomic E-state index is -0.645. The molecule has 2 aliphatic rings. The standard InChI is InChI=1S/C73H64N2/c1-45(2)49-25-33-53(34-26-49)74(54-35-27-50(28-36-54)46(3)4)57-41-42-64-65(43-57)58-17-9-11-21-62(58)71-70-63-22-12-10-20-61(63)69(75(55-37-29-51(30-38-55)47(5)6)56-39-31-52(32-40-56)48(7)8)44-68(70)73(72(64)71)66-23-15-13-18-59(66)60-19-14-16-24-67(60)73/h9-48H,1-8H3. The maximum atomic E-state index is 2.60. The summed E-state index contributed by atoms with van der Waals surface area (Å²) in [5, 5.41) is 7.54. The SMILES string of the molecule is CC(C)c1ccc(N(c2ccc(C(C)C)cc2)c2ccc3c4c(c5ccccc5c3c2)-c2c(cc(N(c3ccc(C(C)C)cc3)c3ccc(C(C)C)cc3)c3ccccc23)C42c3ccccc3-c3ccccc32)cc1. The van der Waals surface area contributed by atoms with Crippen molar-refractivity contribution in [2.24, 2.45) is 0 Å². The van der Waals surface area contributed by atoms with Crippen molar-refractivity contribution in [3.8, 4) is 22.3 Å². The minimum absolute atomic E-state index is 0.427. The molecule has 0 heterocycles. The van der Waals surface area contributed by atoms with Gasteiger partial charge in [0.2, 0.25) is 0 Å². The molecule has 1 spiro atoms. The van der Waals surface area contributed by atoms with Crippen LogP contribution >= 0.6 is 0 Å². The summed E-state index contributed by atoms with van der Waals surface area (Å²) < 4.78 is 0. The monoisotopic (exact) mass is 969 g/mol. The molecule has 0 saturated heterocycles. The highest BCUT2D eigenvalue weighted by Crippen LogP contribution is 2.67. The molecule has 2 heteroatoms. The Morgan fingerprint density at radius 1 is 0.280 bits per heavy atom. The molecule has 0 unspecified atom stereocenters. The average Bonchev–Trinajstić information content (AvgIpc) is 4.15. The Bertz CT molecular complexity index is 3840. The fourth-order valence-corrected chi connectivity index (χ4v) is 12.9. The molecule has 366 valence electrons. The molecular weight excluding hydrogens is 905 g/mol. The van der Waals surface area contributed by atoms with Gasteiger partial charge < -0.3 is 9.80 Å². The molecule has 2 aliphatic carbocycles. The van der Waals surface area contributed by atoms with E-state index in [1.54, 1.807) is 0 Å². The van der Waals surface area contributed by atoms with Crippen molar-refractivity contribution in [1.82, 2.24) is 0 Å². The largest absolute Gasteiger partial charge is 0.310 e. The first-order valence-corrected chi connectivity index (χ1v) is 27.3. The van der Waals surface area contributed by atoms with E-state index in [1.165, 1.54) is 105 Å². The van der Waals surface area contributed by atoms with Gasteiger partial charge in [-0.1, -0.05) is 207 Å². The zero-order valence-electron chi connectivity index (χ0n) is 44.5. The Morgan fingerprint density at radius 3 is 1.11 bits per heavy atom. The van der Waals surface area contributed by atoms with Crippen LogP contribution in [-0.4, -0.2) is 0 Å². The van der Waals surface area contributed by atoms with Crippen molar-refractivity contribution in [3.63, 3.8) is 0 Å². The first kappa shape index (κ1) is 46.6. The van der Waals surface area contributed by atoms with Crippen LogP contribution in [0.15, 0.2) is 218 Å². The van der Waals surface area contributed by atoms with Gasteiger partial charge in [-0.3, -0.25) is 0 Å². The molecule has 11 aromatic rings. The highest BCUT2D eigenvalue weighted by Gasteiger charge is 2.54. The van der Waals surface area contributed by atoms with Gasteiger partial charge in [-0.25, -0.2) is 0 Å². The second-order valence-electron chi connectivity index (χ2n) is 22.4. The van der Waals surface area contributed by atoms with Gasteiger partial charge in [-0.15, -0.1) is 0 Å². The maximum absolute atomic E-state index is 2.60. The summed E-state index contributed by atoms with van der Waals surface area (Å²) in [5.41, 5.74) is 22.2. The Kier molecular flexibility index (Phi) is 11.2. The van der Waals surface area contributed by atoms with Crippen LogP contribution in [0.1, 0.15) is 124 Å². The van der Waals surface area contributed by atoms with Crippen LogP contribution in [0.4, 0.5) is 34.1 Å². The highest BCUT2D eigenvalue weighted by molar-refractivity contribution is 6.24. The van der Waals surface area contributed by atoms with E-state index < -0.39 is 5.41 Å². The van der Waals surface area contributed by atoms with Crippen molar-refractivity contribution in [2.45, 2.75) is 84.5 Å². The van der Waals surface area contributed by atoms with Crippen molar-refractivity contribution in [3.05, 3.63) is 263 Å². The molecule has 0 bridgehead atoms. The van der Waals surface area contributed by atoms with Gasteiger partial charge in [0.15, 0.2) is 0 Å². The first-order chi connectivity index (χ1) is 36.5. The third kappa shape index (κ3) is 7.21. The zero-order valence-corrected chi connectivity index (χ0v) is 44.5. The fourth-order valence-electron chi connectivity index (χ4n) is 12.9. The molecule has 75 heavy (non-hydrogen) atoms. The molecule has 0 fully saturated rings. The van der Waals surface area contributed by atoms with E-state index >= 15 is 0 Å². The summed E-state index contributed by atoms with van der Waals surface area (Å²) in [4.78, 5) is 4.98. The van der Waals surface area contributed by atoms with Crippen LogP contribution in [0.3, 0.4) is 0 Å². The summed E-state index contributed by atoms with van der Waals surface area (Å²) in [7, 11) is 0. The van der Waals surface area contributed by atoms with E-state index in [0.717, 1.165) is 28.4 Å². The van der Waals surface area contributed by atoms with Gasteiger partial charge in [0.25, 0.3) is 0 Å². The maximum Gasteiger partial charge on any atom is 0.0732 e. The average molecular weight is 969 g/mol. The second-order valence-corrected chi connectivity index (χ2v) is 22.4. The van der Waals surface area contributed by atoms with Crippen molar-refractivity contribution in [1.29, 1.82) is 0 Å². The van der Waals surface area contributed by atoms with E-state index in [9.17, 15) is 0 Å². The molecule has 0 N–H and O–H groups in total.